The summed E-state index contributed by atoms with van der Waals surface area (Å²) in [5, 5.41) is 0.573. The van der Waals surface area contributed by atoms with E-state index in [-0.39, 0.29) is 5.97 Å². The third-order valence-corrected chi connectivity index (χ3v) is 4.16. The fraction of sp³-hybridized carbons (Fsp3) is 0.133. The maximum Gasteiger partial charge on any atom is 0.337 e. The molecule has 0 fully saturated rings. The van der Waals surface area contributed by atoms with Crippen molar-refractivity contribution < 1.29 is 9.53 Å². The molecule has 0 atom stereocenters. The number of carbonyl (C=O) groups is 1. The Kier molecular flexibility index (Phi) is 4.88. The van der Waals surface area contributed by atoms with Gasteiger partial charge in [-0.1, -0.05) is 41.9 Å². The summed E-state index contributed by atoms with van der Waals surface area (Å²) in [4.78, 5) is 12.3. The molecule has 0 bridgehead atoms. The van der Waals surface area contributed by atoms with Gasteiger partial charge in [0.05, 0.1) is 17.7 Å². The maximum absolute atomic E-state index is 11.4. The van der Waals surface area contributed by atoms with Gasteiger partial charge in [0.25, 0.3) is 0 Å². The molecule has 2 rings (SSSR count). The SMILES string of the molecule is COC(=O)c1ccc(SCc2ccccc2)c(Cl)c1. The molecule has 0 amide bonds. The Bertz CT molecular complexity index is 570. The van der Waals surface area contributed by atoms with E-state index in [0.717, 1.165) is 10.6 Å². The van der Waals surface area contributed by atoms with Crippen molar-refractivity contribution in [3.63, 3.8) is 0 Å². The molecule has 0 N–H and O–H groups in total. The molecule has 0 aliphatic carbocycles. The summed E-state index contributed by atoms with van der Waals surface area (Å²) in [6, 6.07) is 15.4. The van der Waals surface area contributed by atoms with E-state index < -0.39 is 0 Å². The van der Waals surface area contributed by atoms with Crippen molar-refractivity contribution in [1.82, 2.24) is 0 Å². The van der Waals surface area contributed by atoms with Gasteiger partial charge in [-0.05, 0) is 23.8 Å². The minimum Gasteiger partial charge on any atom is -0.465 e. The lowest BCUT2D eigenvalue weighted by Crippen LogP contribution is -2.00. The van der Waals surface area contributed by atoms with Gasteiger partial charge in [-0.3, -0.25) is 0 Å². The Labute approximate surface area is 121 Å². The summed E-state index contributed by atoms with van der Waals surface area (Å²) in [5.74, 6) is 0.472. The van der Waals surface area contributed by atoms with E-state index in [2.05, 4.69) is 16.9 Å². The number of ether oxygens (including phenoxy) is 1. The zero-order chi connectivity index (χ0) is 13.7. The van der Waals surface area contributed by atoms with E-state index in [1.165, 1.54) is 12.7 Å². The van der Waals surface area contributed by atoms with Crippen molar-refractivity contribution >= 4 is 29.3 Å². The highest BCUT2D eigenvalue weighted by atomic mass is 35.5. The summed E-state index contributed by atoms with van der Waals surface area (Å²) in [6.45, 7) is 0. The smallest absolute Gasteiger partial charge is 0.337 e. The summed E-state index contributed by atoms with van der Waals surface area (Å²) in [7, 11) is 1.36. The first-order chi connectivity index (χ1) is 9.20. The van der Waals surface area contributed by atoms with Crippen LogP contribution in [-0.2, 0) is 10.5 Å². The second-order valence-electron chi connectivity index (χ2n) is 3.91. The molecule has 4 heteroatoms. The lowest BCUT2D eigenvalue weighted by Gasteiger charge is -2.06. The topological polar surface area (TPSA) is 26.3 Å². The number of halogens is 1. The maximum atomic E-state index is 11.4. The van der Waals surface area contributed by atoms with Crippen molar-refractivity contribution in [3.05, 3.63) is 64.7 Å². The molecule has 98 valence electrons. The molecule has 0 spiro atoms. The molecule has 0 saturated heterocycles. The van der Waals surface area contributed by atoms with Crippen LogP contribution in [0.5, 0.6) is 0 Å². The van der Waals surface area contributed by atoms with Gasteiger partial charge in [0.15, 0.2) is 0 Å². The van der Waals surface area contributed by atoms with Crippen LogP contribution >= 0.6 is 23.4 Å². The van der Waals surface area contributed by atoms with Crippen LogP contribution in [0.15, 0.2) is 53.4 Å². The Morgan fingerprint density at radius 1 is 1.21 bits per heavy atom. The number of hydrogen-bond acceptors (Lipinski definition) is 3. The van der Waals surface area contributed by atoms with Crippen LogP contribution in [0.25, 0.3) is 0 Å². The highest BCUT2D eigenvalue weighted by Crippen LogP contribution is 2.30. The molecule has 0 aromatic heterocycles. The molecule has 0 aliphatic heterocycles. The zero-order valence-electron chi connectivity index (χ0n) is 10.4. The lowest BCUT2D eigenvalue weighted by atomic mass is 10.2. The molecular formula is C15H13ClO2S. The molecule has 0 radical (unpaired) electrons. The van der Waals surface area contributed by atoms with Crippen molar-refractivity contribution in [1.29, 1.82) is 0 Å². The molecule has 0 unspecified atom stereocenters. The molecule has 0 heterocycles. The predicted octanol–water partition coefficient (Wildman–Crippen LogP) is 4.42. The zero-order valence-corrected chi connectivity index (χ0v) is 12.0. The minimum absolute atomic E-state index is 0.374. The number of hydrogen-bond donors (Lipinski definition) is 0. The Morgan fingerprint density at radius 2 is 1.95 bits per heavy atom. The second kappa shape index (κ2) is 6.64. The molecule has 2 aromatic carbocycles. The van der Waals surface area contributed by atoms with Crippen LogP contribution in [0.4, 0.5) is 0 Å². The molecule has 0 aliphatic rings. The Hall–Kier alpha value is -1.45. The summed E-state index contributed by atoms with van der Waals surface area (Å²) >= 11 is 7.81. The molecule has 0 saturated carbocycles. The van der Waals surface area contributed by atoms with Gasteiger partial charge in [-0.2, -0.15) is 0 Å². The van der Waals surface area contributed by atoms with Crippen LogP contribution in [0.3, 0.4) is 0 Å². The Balaban J connectivity index is 2.07. The molecule has 2 aromatic rings. The van der Waals surface area contributed by atoms with Crippen molar-refractivity contribution in [2.75, 3.05) is 7.11 Å². The minimum atomic E-state index is -0.374. The number of rotatable bonds is 4. The van der Waals surface area contributed by atoms with Crippen molar-refractivity contribution in [2.24, 2.45) is 0 Å². The van der Waals surface area contributed by atoms with E-state index in [4.69, 9.17) is 11.6 Å². The van der Waals surface area contributed by atoms with Crippen molar-refractivity contribution in [3.8, 4) is 0 Å². The Morgan fingerprint density at radius 3 is 2.58 bits per heavy atom. The number of benzene rings is 2. The quantitative estimate of drug-likeness (QED) is 0.616. The van der Waals surface area contributed by atoms with Gasteiger partial charge in [-0.15, -0.1) is 11.8 Å². The first kappa shape index (κ1) is 14.0. The third kappa shape index (κ3) is 3.75. The van der Waals surface area contributed by atoms with Crippen LogP contribution in [-0.4, -0.2) is 13.1 Å². The van der Waals surface area contributed by atoms with Gasteiger partial charge in [0.2, 0.25) is 0 Å². The summed E-state index contributed by atoms with van der Waals surface area (Å²) in [5.41, 5.74) is 1.71. The van der Waals surface area contributed by atoms with E-state index in [0.29, 0.717) is 10.6 Å². The van der Waals surface area contributed by atoms with E-state index in [1.807, 2.05) is 24.3 Å². The first-order valence-electron chi connectivity index (χ1n) is 5.75. The lowest BCUT2D eigenvalue weighted by molar-refractivity contribution is 0.0600. The van der Waals surface area contributed by atoms with E-state index in [1.54, 1.807) is 23.9 Å². The molecule has 2 nitrogen and oxygen atoms in total. The van der Waals surface area contributed by atoms with Crippen LogP contribution in [0.2, 0.25) is 5.02 Å². The molecular weight excluding hydrogens is 280 g/mol. The average molecular weight is 293 g/mol. The highest BCUT2D eigenvalue weighted by Gasteiger charge is 2.09. The number of carbonyl (C=O) groups excluding carboxylic acids is 1. The van der Waals surface area contributed by atoms with E-state index in [9.17, 15) is 4.79 Å². The fourth-order valence-corrected chi connectivity index (χ4v) is 2.82. The van der Waals surface area contributed by atoms with Gasteiger partial charge in [0, 0.05) is 10.6 Å². The van der Waals surface area contributed by atoms with Crippen molar-refractivity contribution in [2.45, 2.75) is 10.6 Å². The number of esters is 1. The summed E-state index contributed by atoms with van der Waals surface area (Å²) < 4.78 is 4.66. The van der Waals surface area contributed by atoms with Crippen LogP contribution in [0.1, 0.15) is 15.9 Å². The third-order valence-electron chi connectivity index (χ3n) is 2.59. The van der Waals surface area contributed by atoms with Gasteiger partial charge in [-0.25, -0.2) is 4.79 Å². The first-order valence-corrected chi connectivity index (χ1v) is 7.11. The van der Waals surface area contributed by atoms with Gasteiger partial charge in [0.1, 0.15) is 0 Å². The summed E-state index contributed by atoms with van der Waals surface area (Å²) in [6.07, 6.45) is 0. The number of methoxy groups -OCH3 is 1. The largest absolute Gasteiger partial charge is 0.465 e. The van der Waals surface area contributed by atoms with Gasteiger partial charge >= 0.3 is 5.97 Å². The van der Waals surface area contributed by atoms with Crippen LogP contribution in [0, 0.1) is 0 Å². The molecule has 19 heavy (non-hydrogen) atoms. The average Bonchev–Trinajstić information content (AvgIpc) is 2.46. The van der Waals surface area contributed by atoms with Crippen LogP contribution < -0.4 is 0 Å². The predicted molar refractivity (Wildman–Crippen MR) is 78.8 cm³/mol. The standard InChI is InChI=1S/C15H13ClO2S/c1-18-15(17)12-7-8-14(13(16)9-12)19-10-11-5-3-2-4-6-11/h2-9H,10H2,1H3. The van der Waals surface area contributed by atoms with Gasteiger partial charge < -0.3 is 4.74 Å². The van der Waals surface area contributed by atoms with E-state index >= 15 is 0 Å². The highest BCUT2D eigenvalue weighted by molar-refractivity contribution is 7.98. The normalized spacial score (nSPS) is 10.2. The number of thioether (sulfide) groups is 1. The monoisotopic (exact) mass is 292 g/mol. The fourth-order valence-electron chi connectivity index (χ4n) is 1.60. The second-order valence-corrected chi connectivity index (χ2v) is 5.34.